The third-order valence-corrected chi connectivity index (χ3v) is 6.68. The molecule has 0 amide bonds. The standard InChI is InChI=1S/C25H27N3O4.ClH/c1-29-22-3-2-17-12-21-19-14-24-23(31-16-32-24)13-18(19)4-6-28(21)15-20(17)25(22)26-5-7-27-8-10-30-11-9-27;/h2-3,12-15H,4-11,16H2,1H3;1H. The Morgan fingerprint density at radius 1 is 1.09 bits per heavy atom. The lowest BCUT2D eigenvalue weighted by atomic mass is 9.95. The number of aromatic nitrogens is 1. The van der Waals surface area contributed by atoms with Gasteiger partial charge in [0.2, 0.25) is 12.5 Å². The van der Waals surface area contributed by atoms with Crippen LogP contribution < -0.4 is 36.5 Å². The highest BCUT2D eigenvalue weighted by atomic mass is 35.5. The first-order chi connectivity index (χ1) is 15.8. The molecule has 0 unspecified atom stereocenters. The smallest absolute Gasteiger partial charge is 0.231 e. The maximum atomic E-state index is 5.71. The predicted molar refractivity (Wildman–Crippen MR) is 122 cm³/mol. The van der Waals surface area contributed by atoms with Gasteiger partial charge in [-0.25, -0.2) is 0 Å². The van der Waals surface area contributed by atoms with Gasteiger partial charge in [-0.15, -0.1) is 0 Å². The van der Waals surface area contributed by atoms with Gasteiger partial charge in [0, 0.05) is 38.7 Å². The van der Waals surface area contributed by atoms with Crippen LogP contribution in [0.25, 0.3) is 22.0 Å². The van der Waals surface area contributed by atoms with E-state index in [2.05, 4.69) is 51.3 Å². The normalized spacial score (nSPS) is 16.6. The van der Waals surface area contributed by atoms with Crippen LogP contribution in [0.3, 0.4) is 0 Å². The number of methoxy groups -OCH3 is 1. The minimum absolute atomic E-state index is 0. The minimum Gasteiger partial charge on any atom is -1.00 e. The van der Waals surface area contributed by atoms with Crippen LogP contribution in [0.5, 0.6) is 17.2 Å². The number of benzene rings is 2. The Morgan fingerprint density at radius 3 is 2.73 bits per heavy atom. The first-order valence-corrected chi connectivity index (χ1v) is 11.3. The van der Waals surface area contributed by atoms with Crippen molar-refractivity contribution in [3.8, 4) is 28.5 Å². The zero-order valence-electron chi connectivity index (χ0n) is 18.7. The Labute approximate surface area is 199 Å². The monoisotopic (exact) mass is 469 g/mol. The van der Waals surface area contributed by atoms with Crippen LogP contribution in [0.2, 0.25) is 0 Å². The molecule has 1 aromatic heterocycles. The summed E-state index contributed by atoms with van der Waals surface area (Å²) >= 11 is 0. The zero-order valence-corrected chi connectivity index (χ0v) is 19.5. The number of nitrogens with zero attached hydrogens (tertiary/aromatic N) is 2. The summed E-state index contributed by atoms with van der Waals surface area (Å²) in [6.07, 6.45) is 3.23. The number of rotatable bonds is 5. The lowest BCUT2D eigenvalue weighted by Gasteiger charge is -2.27. The molecule has 3 aliphatic rings. The number of morpholine rings is 1. The van der Waals surface area contributed by atoms with Crippen LogP contribution >= 0.6 is 0 Å². The Bertz CT molecular complexity index is 1180. The van der Waals surface area contributed by atoms with E-state index in [1.807, 2.05) is 0 Å². The number of nitrogens with one attached hydrogen (secondary N) is 1. The molecule has 0 spiro atoms. The molecule has 1 N–H and O–H groups in total. The van der Waals surface area contributed by atoms with Crippen LogP contribution in [0, 0.1) is 0 Å². The second-order valence-corrected chi connectivity index (χ2v) is 8.49. The highest BCUT2D eigenvalue weighted by Gasteiger charge is 2.28. The maximum absolute atomic E-state index is 5.71. The summed E-state index contributed by atoms with van der Waals surface area (Å²) in [7, 11) is 1.73. The molecule has 7 nitrogen and oxygen atoms in total. The van der Waals surface area contributed by atoms with Gasteiger partial charge in [-0.2, -0.15) is 4.57 Å². The van der Waals surface area contributed by atoms with E-state index < -0.39 is 0 Å². The number of ether oxygens (including phenoxy) is 4. The molecular weight excluding hydrogens is 442 g/mol. The highest BCUT2D eigenvalue weighted by Crippen LogP contribution is 2.41. The van der Waals surface area contributed by atoms with Gasteiger partial charge in [0.25, 0.3) is 0 Å². The van der Waals surface area contributed by atoms with Crippen LogP contribution in [0.15, 0.2) is 36.5 Å². The van der Waals surface area contributed by atoms with Crippen molar-refractivity contribution < 1.29 is 35.9 Å². The summed E-state index contributed by atoms with van der Waals surface area (Å²) < 4.78 is 24.7. The molecule has 3 aliphatic heterocycles. The predicted octanol–water partition coefficient (Wildman–Crippen LogP) is -0.164. The topological polar surface area (TPSA) is 56.1 Å². The van der Waals surface area contributed by atoms with Gasteiger partial charge in [-0.1, -0.05) is 6.07 Å². The van der Waals surface area contributed by atoms with Gasteiger partial charge in [0.1, 0.15) is 5.75 Å². The van der Waals surface area contributed by atoms with Crippen molar-refractivity contribution in [2.75, 3.05) is 58.6 Å². The average molecular weight is 470 g/mol. The lowest BCUT2D eigenvalue weighted by Crippen LogP contribution is -3.00. The molecule has 3 aromatic rings. The van der Waals surface area contributed by atoms with E-state index >= 15 is 0 Å². The van der Waals surface area contributed by atoms with Crippen molar-refractivity contribution in [1.82, 2.24) is 4.90 Å². The molecule has 6 rings (SSSR count). The summed E-state index contributed by atoms with van der Waals surface area (Å²) in [6, 6.07) is 10.7. The number of fused-ring (bicyclic) bond motifs is 5. The minimum atomic E-state index is 0. The van der Waals surface area contributed by atoms with Crippen LogP contribution in [0.1, 0.15) is 5.56 Å². The lowest BCUT2D eigenvalue weighted by molar-refractivity contribution is -0.686. The van der Waals surface area contributed by atoms with Crippen LogP contribution in [-0.4, -0.2) is 58.2 Å². The Balaban J connectivity index is 0.00000228. The molecule has 1 saturated heterocycles. The number of aryl methyl sites for hydroxylation is 2. The fourth-order valence-corrected chi connectivity index (χ4v) is 4.94. The second-order valence-electron chi connectivity index (χ2n) is 8.49. The van der Waals surface area contributed by atoms with Gasteiger partial charge < -0.3 is 36.7 Å². The SMILES string of the molecule is COc1ccc2cc3[n+](cc2c1NCCN1CCOCC1)CCc1cc2c(cc1-3)OCO2.[Cl-]. The van der Waals surface area contributed by atoms with E-state index in [1.54, 1.807) is 7.11 Å². The van der Waals surface area contributed by atoms with Gasteiger partial charge in [0.15, 0.2) is 24.2 Å². The molecule has 33 heavy (non-hydrogen) atoms. The van der Waals surface area contributed by atoms with E-state index in [0.717, 1.165) is 75.3 Å². The third-order valence-electron chi connectivity index (χ3n) is 6.68. The zero-order chi connectivity index (χ0) is 21.5. The van der Waals surface area contributed by atoms with Crippen molar-refractivity contribution in [3.63, 3.8) is 0 Å². The number of hydrogen-bond acceptors (Lipinski definition) is 6. The summed E-state index contributed by atoms with van der Waals surface area (Å²) in [4.78, 5) is 2.44. The summed E-state index contributed by atoms with van der Waals surface area (Å²) in [6.45, 7) is 6.72. The number of hydrogen-bond donors (Lipinski definition) is 1. The van der Waals surface area contributed by atoms with Gasteiger partial charge in [-0.3, -0.25) is 4.90 Å². The number of anilines is 1. The van der Waals surface area contributed by atoms with Crippen LogP contribution in [-0.2, 0) is 17.7 Å². The fourth-order valence-electron chi connectivity index (χ4n) is 4.94. The number of pyridine rings is 1. The molecule has 2 aromatic carbocycles. The Kier molecular flexibility index (Phi) is 6.19. The first kappa shape index (κ1) is 22.1. The summed E-state index contributed by atoms with van der Waals surface area (Å²) in [5.41, 5.74) is 4.80. The molecule has 0 bridgehead atoms. The molecule has 0 atom stereocenters. The average Bonchev–Trinajstić information content (AvgIpc) is 3.30. The van der Waals surface area contributed by atoms with Crippen molar-refractivity contribution in [1.29, 1.82) is 0 Å². The van der Waals surface area contributed by atoms with Gasteiger partial charge in [-0.05, 0) is 29.1 Å². The molecule has 0 saturated carbocycles. The van der Waals surface area contributed by atoms with E-state index in [1.165, 1.54) is 27.6 Å². The molecule has 0 radical (unpaired) electrons. The van der Waals surface area contributed by atoms with E-state index in [9.17, 15) is 0 Å². The van der Waals surface area contributed by atoms with Crippen LogP contribution in [0.4, 0.5) is 5.69 Å². The van der Waals surface area contributed by atoms with Crippen molar-refractivity contribution in [2.24, 2.45) is 0 Å². The van der Waals surface area contributed by atoms with Gasteiger partial charge >= 0.3 is 0 Å². The largest absolute Gasteiger partial charge is 1.00 e. The highest BCUT2D eigenvalue weighted by molar-refractivity contribution is 5.97. The summed E-state index contributed by atoms with van der Waals surface area (Å²) in [5, 5.41) is 6.03. The number of halogens is 1. The Morgan fingerprint density at radius 2 is 1.91 bits per heavy atom. The van der Waals surface area contributed by atoms with Gasteiger partial charge in [0.05, 0.1) is 37.0 Å². The Hall–Kier alpha value is -2.74. The van der Waals surface area contributed by atoms with Crippen molar-refractivity contribution >= 4 is 16.5 Å². The quantitative estimate of drug-likeness (QED) is 0.524. The maximum Gasteiger partial charge on any atom is 0.231 e. The molecule has 4 heterocycles. The van der Waals surface area contributed by atoms with E-state index in [-0.39, 0.29) is 12.4 Å². The molecule has 174 valence electrons. The molecule has 0 aliphatic carbocycles. The second kappa shape index (κ2) is 9.25. The summed E-state index contributed by atoms with van der Waals surface area (Å²) in [5.74, 6) is 2.56. The van der Waals surface area contributed by atoms with Crippen molar-refractivity contribution in [3.05, 3.63) is 42.1 Å². The molecule has 8 heteroatoms. The van der Waals surface area contributed by atoms with E-state index in [4.69, 9.17) is 18.9 Å². The first-order valence-electron chi connectivity index (χ1n) is 11.3. The van der Waals surface area contributed by atoms with E-state index in [0.29, 0.717) is 6.79 Å². The molecular formula is C25H28ClN3O4. The molecule has 1 fully saturated rings. The third kappa shape index (κ3) is 4.05. The van der Waals surface area contributed by atoms with Crippen molar-refractivity contribution in [2.45, 2.75) is 13.0 Å². The fraction of sp³-hybridized carbons (Fsp3) is 0.400.